The second kappa shape index (κ2) is 6.50. The van der Waals surface area contributed by atoms with Gasteiger partial charge in [0.15, 0.2) is 26.0 Å². The number of fused-ring (bicyclic) bond motifs is 2. The third-order valence-corrected chi connectivity index (χ3v) is 15.4. The molecule has 2 aromatic carbocycles. The fourth-order valence-corrected chi connectivity index (χ4v) is 12.9. The van der Waals surface area contributed by atoms with E-state index in [0.717, 1.165) is 21.7 Å². The zero-order valence-corrected chi connectivity index (χ0v) is 20.9. The fraction of sp³-hybridized carbons (Fsp3) is 0.500. The second-order valence-electron chi connectivity index (χ2n) is 10.5. The normalized spacial score (nSPS) is 30.4. The van der Waals surface area contributed by atoms with Gasteiger partial charge < -0.3 is 18.6 Å². The summed E-state index contributed by atoms with van der Waals surface area (Å²) in [7, 11) is -6.31. The van der Waals surface area contributed by atoms with Gasteiger partial charge in [-0.1, -0.05) is 65.8 Å². The molecule has 4 atom stereocenters. The molecule has 2 aliphatic heterocycles. The van der Waals surface area contributed by atoms with Crippen molar-refractivity contribution in [1.82, 2.24) is 0 Å². The van der Waals surface area contributed by atoms with E-state index in [9.17, 15) is 9.13 Å². The molecule has 30 heavy (non-hydrogen) atoms. The van der Waals surface area contributed by atoms with Gasteiger partial charge >= 0.3 is 0 Å². The van der Waals surface area contributed by atoms with Crippen molar-refractivity contribution in [3.8, 4) is 11.5 Å². The Labute approximate surface area is 180 Å². The summed E-state index contributed by atoms with van der Waals surface area (Å²) in [6, 6.07) is 11.5. The highest BCUT2D eigenvalue weighted by Gasteiger charge is 2.65. The third kappa shape index (κ3) is 2.66. The first-order valence-corrected chi connectivity index (χ1v) is 14.0. The first kappa shape index (κ1) is 21.7. The van der Waals surface area contributed by atoms with Gasteiger partial charge in [0.25, 0.3) is 0 Å². The highest BCUT2D eigenvalue weighted by atomic mass is 31.2. The van der Waals surface area contributed by atoms with E-state index in [-0.39, 0.29) is 0 Å². The van der Waals surface area contributed by atoms with Crippen LogP contribution in [0.4, 0.5) is 0 Å². The van der Waals surface area contributed by atoms with Crippen LogP contribution in [0.2, 0.25) is 0 Å². The van der Waals surface area contributed by atoms with Crippen LogP contribution < -0.4 is 20.1 Å². The van der Waals surface area contributed by atoms with E-state index in [0.29, 0.717) is 11.5 Å². The van der Waals surface area contributed by atoms with Crippen LogP contribution in [-0.2, 0) is 9.13 Å². The summed E-state index contributed by atoms with van der Waals surface area (Å²) in [5.41, 5.74) is 1.90. The Morgan fingerprint density at radius 3 is 1.30 bits per heavy atom. The minimum Gasteiger partial charge on any atom is -0.477 e. The monoisotopic (exact) mass is 446 g/mol. The highest BCUT2D eigenvalue weighted by molar-refractivity contribution is 7.78. The van der Waals surface area contributed by atoms with Crippen LogP contribution >= 0.6 is 14.3 Å². The quantitative estimate of drug-likeness (QED) is 0.503. The van der Waals surface area contributed by atoms with E-state index in [2.05, 4.69) is 0 Å². The average molecular weight is 446 g/mol. The molecule has 0 radical (unpaired) electrons. The average Bonchev–Trinajstić information content (AvgIpc) is 3.09. The Morgan fingerprint density at radius 2 is 1.00 bits per heavy atom. The van der Waals surface area contributed by atoms with Crippen molar-refractivity contribution in [2.24, 2.45) is 0 Å². The van der Waals surface area contributed by atoms with Crippen LogP contribution in [0, 0.1) is 13.8 Å². The molecule has 0 N–H and O–H groups in total. The number of benzene rings is 2. The summed E-state index contributed by atoms with van der Waals surface area (Å²) < 4.78 is 42.7. The first-order chi connectivity index (χ1) is 13.7. The van der Waals surface area contributed by atoms with Crippen LogP contribution in [0.5, 0.6) is 11.5 Å². The summed E-state index contributed by atoms with van der Waals surface area (Å²) >= 11 is 0. The molecule has 2 aliphatic rings. The molecule has 0 aromatic heterocycles. The van der Waals surface area contributed by atoms with Crippen molar-refractivity contribution in [2.75, 3.05) is 0 Å². The molecule has 6 heteroatoms. The van der Waals surface area contributed by atoms with Gasteiger partial charge in [0, 0.05) is 10.3 Å². The molecule has 2 heterocycles. The summed E-state index contributed by atoms with van der Waals surface area (Å²) in [5.74, 6) is -0.305. The van der Waals surface area contributed by atoms with E-state index in [1.165, 1.54) is 0 Å². The van der Waals surface area contributed by atoms with Crippen LogP contribution in [0.15, 0.2) is 36.4 Å². The minimum absolute atomic E-state index is 0.565. The van der Waals surface area contributed by atoms with Gasteiger partial charge in [-0.3, -0.25) is 0 Å². The molecule has 0 saturated heterocycles. The lowest BCUT2D eigenvalue weighted by atomic mass is 10.2. The molecule has 4 nitrogen and oxygen atoms in total. The van der Waals surface area contributed by atoms with Crippen LogP contribution in [0.1, 0.15) is 52.7 Å². The Morgan fingerprint density at radius 1 is 0.667 bits per heavy atom. The summed E-state index contributed by atoms with van der Waals surface area (Å²) in [5, 5.41) is 0.425. The molecule has 0 amide bonds. The topological polar surface area (TPSA) is 52.6 Å². The molecule has 162 valence electrons. The number of rotatable bonds is 1. The maximum Gasteiger partial charge on any atom is 0.199 e. The maximum atomic E-state index is 14.9. The van der Waals surface area contributed by atoms with E-state index >= 15 is 0 Å². The van der Waals surface area contributed by atoms with Crippen LogP contribution in [0.3, 0.4) is 0 Å². The van der Waals surface area contributed by atoms with Crippen molar-refractivity contribution in [1.29, 1.82) is 0 Å². The number of hydrogen-bond acceptors (Lipinski definition) is 4. The lowest BCUT2D eigenvalue weighted by Crippen LogP contribution is -2.41. The molecule has 2 aromatic rings. The SMILES string of the molecule is Cc1cccc2c1P(=O)(C(C)(C)C)C([C@H]1Oc3cccc(C)c3[P@]1(=O)C(C)(C)C)O2. The lowest BCUT2D eigenvalue weighted by molar-refractivity contribution is 0.162. The van der Waals surface area contributed by atoms with Crippen molar-refractivity contribution in [3.05, 3.63) is 47.5 Å². The zero-order valence-electron chi connectivity index (χ0n) is 19.1. The molecule has 0 aliphatic carbocycles. The van der Waals surface area contributed by atoms with Gasteiger partial charge in [-0.15, -0.1) is 0 Å². The molecular weight excluding hydrogens is 414 g/mol. The Balaban J connectivity index is 1.99. The van der Waals surface area contributed by atoms with Gasteiger partial charge in [0.2, 0.25) is 0 Å². The van der Waals surface area contributed by atoms with Crippen molar-refractivity contribution >= 4 is 24.9 Å². The van der Waals surface area contributed by atoms with Crippen molar-refractivity contribution < 1.29 is 18.6 Å². The molecule has 4 rings (SSSR count). The molecule has 0 bridgehead atoms. The molecule has 0 spiro atoms. The van der Waals surface area contributed by atoms with E-state index < -0.39 is 36.3 Å². The zero-order chi connectivity index (χ0) is 22.3. The lowest BCUT2D eigenvalue weighted by Gasteiger charge is -2.39. The summed E-state index contributed by atoms with van der Waals surface area (Å²) in [6.45, 7) is 15.9. The van der Waals surface area contributed by atoms with Gasteiger partial charge in [0.1, 0.15) is 11.5 Å². The first-order valence-electron chi connectivity index (χ1n) is 10.5. The number of aryl methyl sites for hydroxylation is 2. The maximum absolute atomic E-state index is 14.9. The number of ether oxygens (including phenoxy) is 2. The van der Waals surface area contributed by atoms with Crippen molar-refractivity contribution in [2.45, 2.75) is 77.4 Å². The Kier molecular flexibility index (Phi) is 4.71. The Hall–Kier alpha value is -1.50. The molecular formula is C24H32O4P2. The predicted molar refractivity (Wildman–Crippen MR) is 125 cm³/mol. The van der Waals surface area contributed by atoms with Gasteiger partial charge in [0.05, 0.1) is 10.6 Å². The smallest absolute Gasteiger partial charge is 0.199 e. The minimum atomic E-state index is -3.15. The van der Waals surface area contributed by atoms with Crippen LogP contribution in [0.25, 0.3) is 0 Å². The Bertz CT molecular complexity index is 1030. The summed E-state index contributed by atoms with van der Waals surface area (Å²) in [6.07, 6.45) is 0. The predicted octanol–water partition coefficient (Wildman–Crippen LogP) is 6.01. The molecule has 2 unspecified atom stereocenters. The summed E-state index contributed by atoms with van der Waals surface area (Å²) in [4.78, 5) is 0. The standard InChI is InChI=1S/C24H32O4P2/c1-15-11-9-13-17-19(15)29(25,23(3,4)5)21(27-17)22-28-18-14-10-12-16(2)20(18)30(22,26)24(6,7)8/h9-14,21-22H,1-8H3/t21-,22?,29+,30?/m0/s1. The van der Waals surface area contributed by atoms with Crippen LogP contribution in [-0.4, -0.2) is 22.0 Å². The number of hydrogen-bond donors (Lipinski definition) is 0. The van der Waals surface area contributed by atoms with Crippen molar-refractivity contribution in [3.63, 3.8) is 0 Å². The largest absolute Gasteiger partial charge is 0.477 e. The molecule has 0 fully saturated rings. The van der Waals surface area contributed by atoms with E-state index in [1.807, 2.05) is 91.8 Å². The third-order valence-electron chi connectivity index (χ3n) is 6.52. The highest BCUT2D eigenvalue weighted by Crippen LogP contribution is 2.75. The second-order valence-corrected chi connectivity index (χ2v) is 17.7. The fourth-order valence-electron chi connectivity index (χ4n) is 4.88. The van der Waals surface area contributed by atoms with Gasteiger partial charge in [-0.25, -0.2) is 0 Å². The van der Waals surface area contributed by atoms with Gasteiger partial charge in [-0.2, -0.15) is 0 Å². The van der Waals surface area contributed by atoms with E-state index in [4.69, 9.17) is 9.47 Å². The van der Waals surface area contributed by atoms with Gasteiger partial charge in [-0.05, 0) is 37.1 Å². The molecule has 0 saturated carbocycles. The van der Waals surface area contributed by atoms with E-state index in [1.54, 1.807) is 0 Å².